The number of carbonyl (C=O) groups excluding carboxylic acids is 1. The molecule has 26 heavy (non-hydrogen) atoms. The zero-order chi connectivity index (χ0) is 18.8. The Labute approximate surface area is 153 Å². The maximum atomic E-state index is 12.2. The number of amides is 1. The summed E-state index contributed by atoms with van der Waals surface area (Å²) < 4.78 is 16.1. The van der Waals surface area contributed by atoms with Gasteiger partial charge in [0.15, 0.2) is 11.5 Å². The van der Waals surface area contributed by atoms with Gasteiger partial charge in [-0.25, -0.2) is 5.43 Å². The molecule has 136 valence electrons. The van der Waals surface area contributed by atoms with Gasteiger partial charge in [0.2, 0.25) is 0 Å². The molecule has 0 atom stereocenters. The lowest BCUT2D eigenvalue weighted by molar-refractivity contribution is 0.0954. The van der Waals surface area contributed by atoms with Gasteiger partial charge in [-0.2, -0.15) is 5.10 Å². The smallest absolute Gasteiger partial charge is 0.271 e. The topological polar surface area (TPSA) is 69.2 Å². The van der Waals surface area contributed by atoms with Crippen LogP contribution in [0.15, 0.2) is 60.2 Å². The standard InChI is InChI=1S/C20H22N2O4/c1-4-12-26-17-9-6-15(7-10-17)14-21-22-20(23)16-8-11-18(25-5-2)19(13-16)24-3/h4,6-11,13-14H,1,5,12H2,2-3H3,(H,22,23)/b21-14+. The molecular formula is C20H22N2O4. The SMILES string of the molecule is C=CCOc1ccc(/C=N/NC(=O)c2ccc(OCC)c(OC)c2)cc1. The Morgan fingerprint density at radius 2 is 1.92 bits per heavy atom. The molecule has 0 bridgehead atoms. The number of nitrogens with zero attached hydrogens (tertiary/aromatic N) is 1. The predicted octanol–water partition coefficient (Wildman–Crippen LogP) is 3.42. The van der Waals surface area contributed by atoms with Gasteiger partial charge in [0.1, 0.15) is 12.4 Å². The Hall–Kier alpha value is -3.28. The number of ether oxygens (including phenoxy) is 3. The molecule has 1 amide bonds. The van der Waals surface area contributed by atoms with Crippen LogP contribution in [0.2, 0.25) is 0 Å². The monoisotopic (exact) mass is 354 g/mol. The fraction of sp³-hybridized carbons (Fsp3) is 0.200. The largest absolute Gasteiger partial charge is 0.493 e. The molecule has 2 aromatic carbocycles. The minimum absolute atomic E-state index is 0.339. The molecule has 0 aromatic heterocycles. The van der Waals surface area contributed by atoms with E-state index in [1.165, 1.54) is 7.11 Å². The number of methoxy groups -OCH3 is 1. The van der Waals surface area contributed by atoms with Crippen LogP contribution >= 0.6 is 0 Å². The number of hydrogen-bond donors (Lipinski definition) is 1. The highest BCUT2D eigenvalue weighted by molar-refractivity contribution is 5.95. The van der Waals surface area contributed by atoms with Gasteiger partial charge in [0.25, 0.3) is 5.91 Å². The summed E-state index contributed by atoms with van der Waals surface area (Å²) in [5.74, 6) is 1.49. The molecule has 0 spiro atoms. The maximum Gasteiger partial charge on any atom is 0.271 e. The number of rotatable bonds is 9. The Balaban J connectivity index is 1.97. The Morgan fingerprint density at radius 3 is 2.58 bits per heavy atom. The van der Waals surface area contributed by atoms with E-state index in [0.29, 0.717) is 30.3 Å². The number of benzene rings is 2. The first-order valence-corrected chi connectivity index (χ1v) is 8.16. The van der Waals surface area contributed by atoms with E-state index in [0.717, 1.165) is 11.3 Å². The highest BCUT2D eigenvalue weighted by Gasteiger charge is 2.10. The summed E-state index contributed by atoms with van der Waals surface area (Å²) in [6.45, 7) is 6.45. The number of nitrogens with one attached hydrogen (secondary N) is 1. The quantitative estimate of drug-likeness (QED) is 0.426. The van der Waals surface area contributed by atoms with Crippen molar-refractivity contribution in [1.29, 1.82) is 0 Å². The highest BCUT2D eigenvalue weighted by atomic mass is 16.5. The minimum Gasteiger partial charge on any atom is -0.493 e. The lowest BCUT2D eigenvalue weighted by Gasteiger charge is -2.10. The summed E-state index contributed by atoms with van der Waals surface area (Å²) in [4.78, 5) is 12.2. The summed E-state index contributed by atoms with van der Waals surface area (Å²) in [5.41, 5.74) is 3.75. The fourth-order valence-electron chi connectivity index (χ4n) is 2.12. The molecular weight excluding hydrogens is 332 g/mol. The fourth-order valence-corrected chi connectivity index (χ4v) is 2.12. The molecule has 0 aliphatic heterocycles. The summed E-state index contributed by atoms with van der Waals surface area (Å²) >= 11 is 0. The van der Waals surface area contributed by atoms with Crippen molar-refractivity contribution in [2.75, 3.05) is 20.3 Å². The van der Waals surface area contributed by atoms with Gasteiger partial charge in [-0.3, -0.25) is 4.79 Å². The van der Waals surface area contributed by atoms with Crippen LogP contribution in [-0.2, 0) is 0 Å². The van der Waals surface area contributed by atoms with Crippen molar-refractivity contribution in [3.8, 4) is 17.2 Å². The first kappa shape index (κ1) is 19.1. The van der Waals surface area contributed by atoms with Crippen LogP contribution in [-0.4, -0.2) is 32.4 Å². The second kappa shape index (κ2) is 9.88. The maximum absolute atomic E-state index is 12.2. The number of hydrogen-bond acceptors (Lipinski definition) is 5. The minimum atomic E-state index is -0.339. The molecule has 0 aliphatic carbocycles. The van der Waals surface area contributed by atoms with E-state index in [-0.39, 0.29) is 5.91 Å². The molecule has 0 heterocycles. The highest BCUT2D eigenvalue weighted by Crippen LogP contribution is 2.27. The van der Waals surface area contributed by atoms with Crippen LogP contribution in [0, 0.1) is 0 Å². The van der Waals surface area contributed by atoms with Crippen molar-refractivity contribution in [2.45, 2.75) is 6.92 Å². The second-order valence-electron chi connectivity index (χ2n) is 5.17. The van der Waals surface area contributed by atoms with Crippen molar-refractivity contribution in [3.05, 3.63) is 66.2 Å². The van der Waals surface area contributed by atoms with Gasteiger partial charge in [-0.1, -0.05) is 12.7 Å². The molecule has 0 saturated heterocycles. The van der Waals surface area contributed by atoms with E-state index in [4.69, 9.17) is 14.2 Å². The first-order chi connectivity index (χ1) is 12.7. The zero-order valence-electron chi connectivity index (χ0n) is 14.9. The van der Waals surface area contributed by atoms with E-state index in [1.54, 1.807) is 30.5 Å². The van der Waals surface area contributed by atoms with Crippen LogP contribution in [0.25, 0.3) is 0 Å². The molecule has 2 rings (SSSR count). The summed E-state index contributed by atoms with van der Waals surface area (Å²) in [5, 5.41) is 3.97. The Kier molecular flexibility index (Phi) is 7.24. The van der Waals surface area contributed by atoms with Gasteiger partial charge in [0, 0.05) is 5.56 Å². The molecule has 6 heteroatoms. The lowest BCUT2D eigenvalue weighted by atomic mass is 10.2. The van der Waals surface area contributed by atoms with E-state index in [1.807, 2.05) is 31.2 Å². The van der Waals surface area contributed by atoms with Crippen LogP contribution in [0.1, 0.15) is 22.8 Å². The van der Waals surface area contributed by atoms with Crippen LogP contribution in [0.5, 0.6) is 17.2 Å². The van der Waals surface area contributed by atoms with Crippen LogP contribution in [0.3, 0.4) is 0 Å². The molecule has 6 nitrogen and oxygen atoms in total. The molecule has 0 radical (unpaired) electrons. The summed E-state index contributed by atoms with van der Waals surface area (Å²) in [6.07, 6.45) is 3.24. The summed E-state index contributed by atoms with van der Waals surface area (Å²) in [6, 6.07) is 12.3. The van der Waals surface area contributed by atoms with E-state index >= 15 is 0 Å². The van der Waals surface area contributed by atoms with Crippen molar-refractivity contribution in [2.24, 2.45) is 5.10 Å². The molecule has 0 unspecified atom stereocenters. The van der Waals surface area contributed by atoms with Crippen LogP contribution < -0.4 is 19.6 Å². The van der Waals surface area contributed by atoms with Crippen LogP contribution in [0.4, 0.5) is 0 Å². The van der Waals surface area contributed by atoms with E-state index in [9.17, 15) is 4.79 Å². The van der Waals surface area contributed by atoms with Crippen molar-refractivity contribution in [1.82, 2.24) is 5.43 Å². The second-order valence-corrected chi connectivity index (χ2v) is 5.17. The van der Waals surface area contributed by atoms with Gasteiger partial charge in [0.05, 0.1) is 19.9 Å². The lowest BCUT2D eigenvalue weighted by Crippen LogP contribution is -2.17. The molecule has 0 saturated carbocycles. The average molecular weight is 354 g/mol. The average Bonchev–Trinajstić information content (AvgIpc) is 2.67. The van der Waals surface area contributed by atoms with Gasteiger partial charge < -0.3 is 14.2 Å². The molecule has 2 aromatic rings. The van der Waals surface area contributed by atoms with Gasteiger partial charge >= 0.3 is 0 Å². The molecule has 0 fully saturated rings. The van der Waals surface area contributed by atoms with Crippen molar-refractivity contribution in [3.63, 3.8) is 0 Å². The third kappa shape index (κ3) is 5.37. The Bertz CT molecular complexity index is 770. The Morgan fingerprint density at radius 1 is 1.15 bits per heavy atom. The van der Waals surface area contributed by atoms with Crippen molar-refractivity contribution < 1.29 is 19.0 Å². The third-order valence-electron chi connectivity index (χ3n) is 3.35. The predicted molar refractivity (Wildman–Crippen MR) is 101 cm³/mol. The number of carbonyl (C=O) groups is 1. The summed E-state index contributed by atoms with van der Waals surface area (Å²) in [7, 11) is 1.53. The zero-order valence-corrected chi connectivity index (χ0v) is 14.9. The first-order valence-electron chi connectivity index (χ1n) is 8.16. The third-order valence-corrected chi connectivity index (χ3v) is 3.35. The normalized spacial score (nSPS) is 10.4. The molecule has 0 aliphatic rings. The van der Waals surface area contributed by atoms with Crippen molar-refractivity contribution >= 4 is 12.1 Å². The van der Waals surface area contributed by atoms with E-state index < -0.39 is 0 Å². The number of hydrazone groups is 1. The van der Waals surface area contributed by atoms with Gasteiger partial charge in [-0.05, 0) is 55.0 Å². The van der Waals surface area contributed by atoms with Gasteiger partial charge in [-0.15, -0.1) is 0 Å². The van der Waals surface area contributed by atoms with E-state index in [2.05, 4.69) is 17.1 Å². The molecule has 1 N–H and O–H groups in total.